The number of nitrogens with two attached hydrogens (primary N) is 1. The molecule has 0 spiro atoms. The van der Waals surface area contributed by atoms with Crippen LogP contribution in [0.15, 0.2) is 0 Å². The molecule has 0 saturated heterocycles. The number of rotatable bonds is 9. The van der Waals surface area contributed by atoms with E-state index >= 15 is 0 Å². The van der Waals surface area contributed by atoms with Gasteiger partial charge in [-0.1, -0.05) is 27.2 Å². The van der Waals surface area contributed by atoms with Crippen LogP contribution in [-0.2, 0) is 4.79 Å². The average Bonchev–Trinajstić information content (AvgIpc) is 2.36. The topological polar surface area (TPSA) is 55.1 Å². The van der Waals surface area contributed by atoms with Crippen molar-refractivity contribution in [3.8, 4) is 0 Å². The number of amides is 1. The average molecular weight is 260 g/mol. The van der Waals surface area contributed by atoms with Gasteiger partial charge in [0.25, 0.3) is 0 Å². The van der Waals surface area contributed by atoms with Crippen molar-refractivity contribution < 1.29 is 4.79 Å². The van der Waals surface area contributed by atoms with E-state index in [2.05, 4.69) is 26.1 Å². The molecule has 3 nitrogen and oxygen atoms in total. The lowest BCUT2D eigenvalue weighted by molar-refractivity contribution is -0.122. The number of unbranched alkanes of at least 4 members (excludes halogenated alkanes) is 1. The van der Waals surface area contributed by atoms with Crippen LogP contribution in [0.25, 0.3) is 0 Å². The van der Waals surface area contributed by atoms with Gasteiger partial charge in [0, 0.05) is 6.54 Å². The molecule has 0 aromatic heterocycles. The summed E-state index contributed by atoms with van der Waals surface area (Å²) in [7, 11) is 0. The second kappa shape index (κ2) is 8.81. The van der Waals surface area contributed by atoms with Crippen molar-refractivity contribution in [2.45, 2.75) is 64.2 Å². The number of hydrogen-bond donors (Lipinski definition) is 2. The fourth-order valence-electron chi connectivity index (χ4n) is 1.61. The van der Waals surface area contributed by atoms with Gasteiger partial charge in [0.05, 0.1) is 10.8 Å². The Morgan fingerprint density at radius 3 is 2.35 bits per heavy atom. The van der Waals surface area contributed by atoms with Crippen molar-refractivity contribution in [1.82, 2.24) is 5.32 Å². The van der Waals surface area contributed by atoms with E-state index in [1.807, 2.05) is 6.92 Å². The van der Waals surface area contributed by atoms with Crippen molar-refractivity contribution in [3.63, 3.8) is 0 Å². The van der Waals surface area contributed by atoms with Crippen LogP contribution in [0.1, 0.15) is 53.4 Å². The second-order valence-corrected chi connectivity index (χ2v) is 6.00. The normalized spacial score (nSPS) is 13.5. The van der Waals surface area contributed by atoms with Gasteiger partial charge in [-0.05, 0) is 31.9 Å². The zero-order valence-corrected chi connectivity index (χ0v) is 12.5. The number of carbonyl (C=O) groups is 1. The van der Waals surface area contributed by atoms with Crippen LogP contribution in [0, 0.1) is 0 Å². The molecular weight excluding hydrogens is 232 g/mol. The molecule has 3 N–H and O–H groups in total. The summed E-state index contributed by atoms with van der Waals surface area (Å²) in [6.45, 7) is 8.80. The third-order valence-electron chi connectivity index (χ3n) is 3.37. The Morgan fingerprint density at radius 2 is 1.94 bits per heavy atom. The molecule has 0 aromatic rings. The van der Waals surface area contributed by atoms with Crippen molar-refractivity contribution in [2.75, 3.05) is 12.3 Å². The number of nitrogens with one attached hydrogen (secondary N) is 1. The lowest BCUT2D eigenvalue weighted by atomic mass is 9.93. The molecular formula is C13H28N2OS. The first kappa shape index (κ1) is 16.8. The predicted octanol–water partition coefficient (Wildman–Crippen LogP) is 2.54. The molecule has 0 aliphatic rings. The fraction of sp³-hybridized carbons (Fsp3) is 0.923. The molecule has 0 bridgehead atoms. The molecule has 0 radical (unpaired) electrons. The maximum Gasteiger partial charge on any atom is 0.233 e. The first-order valence-corrected chi connectivity index (χ1v) is 7.73. The summed E-state index contributed by atoms with van der Waals surface area (Å²) in [6.07, 6.45) is 4.13. The largest absolute Gasteiger partial charge is 0.348 e. The zero-order valence-electron chi connectivity index (χ0n) is 11.7. The van der Waals surface area contributed by atoms with Gasteiger partial charge < -0.3 is 11.1 Å². The predicted molar refractivity (Wildman–Crippen MR) is 77.3 cm³/mol. The summed E-state index contributed by atoms with van der Waals surface area (Å²) >= 11 is 1.73. The first-order chi connectivity index (χ1) is 8.05. The smallest absolute Gasteiger partial charge is 0.233 e. The highest BCUT2D eigenvalue weighted by molar-refractivity contribution is 8.00. The summed E-state index contributed by atoms with van der Waals surface area (Å²) in [5, 5.41) is 3.14. The monoisotopic (exact) mass is 260 g/mol. The Bertz CT molecular complexity index is 209. The minimum atomic E-state index is -0.212. The van der Waals surface area contributed by atoms with Gasteiger partial charge in [-0.15, -0.1) is 11.8 Å². The number of thioether (sulfide) groups is 1. The standard InChI is InChI=1S/C13H28N2OS/c1-5-8-9-17-11(4)12(16)15-13(6-2,7-3)10-14/h11H,5-10,14H2,1-4H3,(H,15,16). The molecule has 0 heterocycles. The van der Waals surface area contributed by atoms with Crippen LogP contribution in [0.5, 0.6) is 0 Å². The molecule has 1 atom stereocenters. The molecule has 0 rings (SSSR count). The van der Waals surface area contributed by atoms with E-state index in [-0.39, 0.29) is 16.7 Å². The molecule has 4 heteroatoms. The van der Waals surface area contributed by atoms with Gasteiger partial charge in [0.2, 0.25) is 5.91 Å². The third-order valence-corrected chi connectivity index (χ3v) is 4.61. The van der Waals surface area contributed by atoms with Crippen molar-refractivity contribution >= 4 is 17.7 Å². The van der Waals surface area contributed by atoms with Gasteiger partial charge in [-0.2, -0.15) is 0 Å². The van der Waals surface area contributed by atoms with Crippen LogP contribution in [0.2, 0.25) is 0 Å². The minimum absolute atomic E-state index is 0.0191. The van der Waals surface area contributed by atoms with E-state index in [4.69, 9.17) is 5.73 Å². The molecule has 17 heavy (non-hydrogen) atoms. The van der Waals surface area contributed by atoms with Crippen molar-refractivity contribution in [2.24, 2.45) is 5.73 Å². The highest BCUT2D eigenvalue weighted by atomic mass is 32.2. The molecule has 0 saturated carbocycles. The quantitative estimate of drug-likeness (QED) is 0.626. The maximum absolute atomic E-state index is 12.0. The number of hydrogen-bond acceptors (Lipinski definition) is 3. The summed E-state index contributed by atoms with van der Waals surface area (Å²) in [5.74, 6) is 1.18. The van der Waals surface area contributed by atoms with Gasteiger partial charge in [0.15, 0.2) is 0 Å². The van der Waals surface area contributed by atoms with E-state index in [1.54, 1.807) is 11.8 Å². The Hall–Kier alpha value is -0.220. The van der Waals surface area contributed by atoms with Crippen LogP contribution in [-0.4, -0.2) is 29.0 Å². The maximum atomic E-state index is 12.0. The summed E-state index contributed by atoms with van der Waals surface area (Å²) in [5.41, 5.74) is 5.57. The van der Waals surface area contributed by atoms with E-state index in [9.17, 15) is 4.79 Å². The van der Waals surface area contributed by atoms with Crippen molar-refractivity contribution in [3.05, 3.63) is 0 Å². The molecule has 1 unspecified atom stereocenters. The first-order valence-electron chi connectivity index (χ1n) is 6.68. The third kappa shape index (κ3) is 5.77. The Labute approximate surface area is 110 Å². The van der Waals surface area contributed by atoms with E-state index in [0.717, 1.165) is 18.6 Å². The molecule has 0 aliphatic heterocycles. The Balaban J connectivity index is 4.21. The highest BCUT2D eigenvalue weighted by Gasteiger charge is 2.28. The Kier molecular flexibility index (Phi) is 8.70. The Morgan fingerprint density at radius 1 is 1.35 bits per heavy atom. The van der Waals surface area contributed by atoms with E-state index in [1.165, 1.54) is 12.8 Å². The van der Waals surface area contributed by atoms with Crippen LogP contribution in [0.4, 0.5) is 0 Å². The second-order valence-electron chi connectivity index (χ2n) is 4.55. The SMILES string of the molecule is CCCCSC(C)C(=O)NC(CC)(CC)CN. The van der Waals surface area contributed by atoms with E-state index in [0.29, 0.717) is 6.54 Å². The molecule has 0 aromatic carbocycles. The van der Waals surface area contributed by atoms with Gasteiger partial charge in [-0.3, -0.25) is 4.79 Å². The molecule has 0 fully saturated rings. The number of carbonyl (C=O) groups excluding carboxylic acids is 1. The van der Waals surface area contributed by atoms with Gasteiger partial charge >= 0.3 is 0 Å². The van der Waals surface area contributed by atoms with Gasteiger partial charge in [0.1, 0.15) is 0 Å². The van der Waals surface area contributed by atoms with E-state index < -0.39 is 0 Å². The van der Waals surface area contributed by atoms with Crippen LogP contribution in [0.3, 0.4) is 0 Å². The summed E-state index contributed by atoms with van der Waals surface area (Å²) in [4.78, 5) is 12.0. The summed E-state index contributed by atoms with van der Waals surface area (Å²) in [6, 6.07) is 0. The molecule has 102 valence electrons. The van der Waals surface area contributed by atoms with Crippen LogP contribution >= 0.6 is 11.8 Å². The molecule has 0 aliphatic carbocycles. The van der Waals surface area contributed by atoms with Gasteiger partial charge in [-0.25, -0.2) is 0 Å². The fourth-order valence-corrected chi connectivity index (χ4v) is 2.63. The summed E-state index contributed by atoms with van der Waals surface area (Å²) < 4.78 is 0. The van der Waals surface area contributed by atoms with Crippen molar-refractivity contribution in [1.29, 1.82) is 0 Å². The van der Waals surface area contributed by atoms with Crippen LogP contribution < -0.4 is 11.1 Å². The molecule has 1 amide bonds. The minimum Gasteiger partial charge on any atom is -0.348 e. The lowest BCUT2D eigenvalue weighted by Crippen LogP contribution is -2.54. The lowest BCUT2D eigenvalue weighted by Gasteiger charge is -2.32. The zero-order chi connectivity index (χ0) is 13.3. The highest BCUT2D eigenvalue weighted by Crippen LogP contribution is 2.17.